The normalized spacial score (nSPS) is 11.5. The monoisotopic (exact) mass is 379 g/mol. The summed E-state index contributed by atoms with van der Waals surface area (Å²) in [5.41, 5.74) is 6.31. The number of anilines is 1. The third kappa shape index (κ3) is 4.63. The van der Waals surface area contributed by atoms with Crippen molar-refractivity contribution >= 4 is 39.1 Å². The predicted octanol–water partition coefficient (Wildman–Crippen LogP) is 4.15. The summed E-state index contributed by atoms with van der Waals surface area (Å²) in [6.07, 6.45) is 0. The van der Waals surface area contributed by atoms with Gasteiger partial charge in [0.1, 0.15) is 11.5 Å². The standard InChI is InChI=1S/C10H8ClNO.C8H10O3S/c11-8-5-9(12)6-3-1-2-4-7(6)10(8)13;1-10-7-3-5-8(6-4-7)12(9)11-2/h1-5,13H,12H2;3-6H,1-2H3. The van der Waals surface area contributed by atoms with Gasteiger partial charge in [-0.3, -0.25) is 4.18 Å². The third-order valence-electron chi connectivity index (χ3n) is 3.40. The summed E-state index contributed by atoms with van der Waals surface area (Å²) in [6, 6.07) is 15.8. The number of benzene rings is 3. The molecule has 3 aromatic carbocycles. The molecule has 0 aliphatic rings. The molecule has 0 heterocycles. The number of hydrogen-bond acceptors (Lipinski definition) is 5. The molecule has 5 nitrogen and oxygen atoms in total. The van der Waals surface area contributed by atoms with E-state index in [9.17, 15) is 9.32 Å². The van der Waals surface area contributed by atoms with Crippen LogP contribution in [0.4, 0.5) is 5.69 Å². The molecule has 3 N–H and O–H groups in total. The van der Waals surface area contributed by atoms with E-state index in [1.54, 1.807) is 43.5 Å². The van der Waals surface area contributed by atoms with Crippen LogP contribution < -0.4 is 10.5 Å². The lowest BCUT2D eigenvalue weighted by Gasteiger charge is -2.05. The minimum Gasteiger partial charge on any atom is -0.506 e. The summed E-state index contributed by atoms with van der Waals surface area (Å²) >= 11 is 4.41. The number of hydrogen-bond donors (Lipinski definition) is 2. The first-order valence-electron chi connectivity index (χ1n) is 7.24. The maximum absolute atomic E-state index is 11.1. The molecule has 0 amide bonds. The number of nitrogens with two attached hydrogens (primary N) is 1. The number of nitrogen functional groups attached to an aromatic ring is 1. The van der Waals surface area contributed by atoms with E-state index in [4.69, 9.17) is 22.1 Å². The smallest absolute Gasteiger partial charge is 0.188 e. The second kappa shape index (κ2) is 8.71. The lowest BCUT2D eigenvalue weighted by Crippen LogP contribution is -1.92. The molecule has 0 aliphatic heterocycles. The van der Waals surface area contributed by atoms with Crippen LogP contribution in [0.15, 0.2) is 59.5 Å². The minimum absolute atomic E-state index is 0.0893. The Labute approximate surface area is 153 Å². The molecule has 0 bridgehead atoms. The Bertz CT molecular complexity index is 884. The van der Waals surface area contributed by atoms with Crippen molar-refractivity contribution in [1.29, 1.82) is 0 Å². The summed E-state index contributed by atoms with van der Waals surface area (Å²) < 4.78 is 20.6. The van der Waals surface area contributed by atoms with Crippen molar-refractivity contribution in [2.75, 3.05) is 20.0 Å². The highest BCUT2D eigenvalue weighted by molar-refractivity contribution is 7.80. The Hall–Kier alpha value is -2.28. The van der Waals surface area contributed by atoms with Crippen molar-refractivity contribution in [1.82, 2.24) is 0 Å². The maximum atomic E-state index is 11.1. The van der Waals surface area contributed by atoms with Gasteiger partial charge in [-0.2, -0.15) is 0 Å². The van der Waals surface area contributed by atoms with E-state index in [2.05, 4.69) is 4.18 Å². The van der Waals surface area contributed by atoms with Crippen LogP contribution in [0.3, 0.4) is 0 Å². The fourth-order valence-electron chi connectivity index (χ4n) is 2.14. The van der Waals surface area contributed by atoms with E-state index in [1.165, 1.54) is 7.11 Å². The van der Waals surface area contributed by atoms with Gasteiger partial charge in [0.2, 0.25) is 0 Å². The Balaban J connectivity index is 0.000000181. The van der Waals surface area contributed by atoms with E-state index in [-0.39, 0.29) is 10.8 Å². The number of rotatable bonds is 3. The van der Waals surface area contributed by atoms with Gasteiger partial charge in [-0.15, -0.1) is 0 Å². The van der Waals surface area contributed by atoms with Crippen molar-refractivity contribution in [2.24, 2.45) is 0 Å². The van der Waals surface area contributed by atoms with Crippen LogP contribution in [0.2, 0.25) is 5.02 Å². The summed E-state index contributed by atoms with van der Waals surface area (Å²) in [6.45, 7) is 0. The van der Waals surface area contributed by atoms with Gasteiger partial charge in [0.25, 0.3) is 0 Å². The van der Waals surface area contributed by atoms with Crippen molar-refractivity contribution < 1.29 is 18.2 Å². The lowest BCUT2D eigenvalue weighted by molar-refractivity contribution is 0.414. The second-order valence-electron chi connectivity index (χ2n) is 4.92. The van der Waals surface area contributed by atoms with Crippen LogP contribution in [0, 0.1) is 0 Å². The highest BCUT2D eigenvalue weighted by Gasteiger charge is 2.06. The van der Waals surface area contributed by atoms with Crippen LogP contribution in [0.5, 0.6) is 11.5 Å². The van der Waals surface area contributed by atoms with Gasteiger partial charge in [0, 0.05) is 16.5 Å². The molecule has 0 radical (unpaired) electrons. The number of methoxy groups -OCH3 is 1. The molecule has 0 fully saturated rings. The van der Waals surface area contributed by atoms with E-state index in [0.29, 0.717) is 16.0 Å². The van der Waals surface area contributed by atoms with E-state index in [1.807, 2.05) is 18.2 Å². The molecule has 0 aromatic heterocycles. The van der Waals surface area contributed by atoms with Crippen molar-refractivity contribution in [2.45, 2.75) is 4.90 Å². The molecule has 0 aliphatic carbocycles. The molecule has 0 spiro atoms. The van der Waals surface area contributed by atoms with Gasteiger partial charge in [-0.1, -0.05) is 35.9 Å². The quantitative estimate of drug-likeness (QED) is 0.527. The SMILES string of the molecule is COc1ccc(S(=O)OC)cc1.Nc1cc(Cl)c(O)c2ccccc12. The fourth-order valence-corrected chi connectivity index (χ4v) is 2.91. The van der Waals surface area contributed by atoms with Crippen LogP contribution >= 0.6 is 11.6 Å². The van der Waals surface area contributed by atoms with Crippen LogP contribution in [-0.2, 0) is 15.3 Å². The van der Waals surface area contributed by atoms with Gasteiger partial charge in [-0.05, 0) is 30.3 Å². The van der Waals surface area contributed by atoms with Crippen molar-refractivity contribution in [3.8, 4) is 11.5 Å². The number of phenols is 1. The summed E-state index contributed by atoms with van der Waals surface area (Å²) in [4.78, 5) is 0.637. The number of halogens is 1. The van der Waals surface area contributed by atoms with Gasteiger partial charge in [0.05, 0.1) is 24.1 Å². The molecule has 1 unspecified atom stereocenters. The summed E-state index contributed by atoms with van der Waals surface area (Å²) in [5, 5.41) is 11.4. The predicted molar refractivity (Wildman–Crippen MR) is 101 cm³/mol. The summed E-state index contributed by atoms with van der Waals surface area (Å²) in [7, 11) is 2.99. The highest BCUT2D eigenvalue weighted by Crippen LogP contribution is 2.35. The number of ether oxygens (including phenoxy) is 1. The number of fused-ring (bicyclic) bond motifs is 1. The molecular weight excluding hydrogens is 362 g/mol. The first-order chi connectivity index (χ1) is 12.0. The van der Waals surface area contributed by atoms with Gasteiger partial charge in [0.15, 0.2) is 11.1 Å². The Kier molecular flexibility index (Phi) is 6.64. The molecule has 7 heteroatoms. The molecule has 3 aromatic rings. The average molecular weight is 380 g/mol. The van der Waals surface area contributed by atoms with Crippen LogP contribution in [0.25, 0.3) is 10.8 Å². The molecule has 25 heavy (non-hydrogen) atoms. The first-order valence-corrected chi connectivity index (χ1v) is 8.69. The maximum Gasteiger partial charge on any atom is 0.188 e. The topological polar surface area (TPSA) is 81.8 Å². The molecule has 0 saturated heterocycles. The van der Waals surface area contributed by atoms with Gasteiger partial charge in [-0.25, -0.2) is 4.21 Å². The first kappa shape index (κ1) is 19.1. The Morgan fingerprint density at radius 1 is 1.04 bits per heavy atom. The molecule has 3 rings (SSSR count). The van der Waals surface area contributed by atoms with E-state index >= 15 is 0 Å². The number of aromatic hydroxyl groups is 1. The molecule has 0 saturated carbocycles. The zero-order valence-corrected chi connectivity index (χ0v) is 15.3. The average Bonchev–Trinajstić information content (AvgIpc) is 2.66. The highest BCUT2D eigenvalue weighted by atomic mass is 35.5. The number of phenolic OH excluding ortho intramolecular Hbond substituents is 1. The van der Waals surface area contributed by atoms with Gasteiger partial charge < -0.3 is 15.6 Å². The van der Waals surface area contributed by atoms with E-state index < -0.39 is 11.1 Å². The van der Waals surface area contributed by atoms with Crippen LogP contribution in [0.1, 0.15) is 0 Å². The zero-order chi connectivity index (χ0) is 18.4. The zero-order valence-electron chi connectivity index (χ0n) is 13.7. The van der Waals surface area contributed by atoms with E-state index in [0.717, 1.165) is 11.1 Å². The molecular formula is C18H18ClNO4S. The Morgan fingerprint density at radius 3 is 2.20 bits per heavy atom. The molecule has 132 valence electrons. The second-order valence-corrected chi connectivity index (χ2v) is 6.60. The summed E-state index contributed by atoms with van der Waals surface area (Å²) in [5.74, 6) is 0.832. The van der Waals surface area contributed by atoms with Crippen molar-refractivity contribution in [3.05, 3.63) is 59.6 Å². The van der Waals surface area contributed by atoms with Crippen molar-refractivity contribution in [3.63, 3.8) is 0 Å². The minimum atomic E-state index is -1.36. The Morgan fingerprint density at radius 2 is 1.64 bits per heavy atom. The largest absolute Gasteiger partial charge is 0.506 e. The molecule has 1 atom stereocenters. The lowest BCUT2D eigenvalue weighted by atomic mass is 10.1. The van der Waals surface area contributed by atoms with Gasteiger partial charge >= 0.3 is 0 Å². The van der Waals surface area contributed by atoms with Crippen LogP contribution in [-0.4, -0.2) is 23.5 Å². The third-order valence-corrected chi connectivity index (χ3v) is 4.65. The fraction of sp³-hybridized carbons (Fsp3) is 0.111.